The second-order valence-electron chi connectivity index (χ2n) is 4.89. The van der Waals surface area contributed by atoms with E-state index in [1.165, 1.54) is 0 Å². The Morgan fingerprint density at radius 1 is 0.296 bits per heavy atom. The maximum absolute atomic E-state index is 5.39. The van der Waals surface area contributed by atoms with E-state index in [9.17, 15) is 0 Å². The maximum Gasteiger partial charge on any atom is 0.0547 e. The van der Waals surface area contributed by atoms with Crippen LogP contribution in [0, 0.1) is 0 Å². The number of hydrogen-bond donors (Lipinski definition) is 6. The summed E-state index contributed by atoms with van der Waals surface area (Å²) in [6.45, 7) is 0. The van der Waals surface area contributed by atoms with Crippen molar-refractivity contribution in [1.29, 1.82) is 0 Å². The summed E-state index contributed by atoms with van der Waals surface area (Å²) in [6.07, 6.45) is 0. The van der Waals surface area contributed by atoms with Crippen molar-refractivity contribution < 1.29 is 14.1 Å². The molecule has 12 N–H and O–H groups in total. The highest BCUT2D eigenvalue weighted by Gasteiger charge is 1.86. The summed E-state index contributed by atoms with van der Waals surface area (Å²) in [5.74, 6) is 0. The summed E-state index contributed by atoms with van der Waals surface area (Å²) < 4.78 is 0. The number of rotatable bonds is 0. The van der Waals surface area contributed by atoms with Gasteiger partial charge in [-0.25, -0.2) is 0 Å². The SMILES string of the molecule is F.F.F.Nc1ccccc1N.Nc1ccccc1N.Nc1ccccc1N. The Labute approximate surface area is 156 Å². The Morgan fingerprint density at radius 3 is 0.481 bits per heavy atom. The van der Waals surface area contributed by atoms with E-state index in [-0.39, 0.29) is 14.1 Å². The monoisotopic (exact) mass is 384 g/mol. The van der Waals surface area contributed by atoms with Crippen LogP contribution in [0.3, 0.4) is 0 Å². The van der Waals surface area contributed by atoms with Crippen molar-refractivity contribution in [2.75, 3.05) is 34.4 Å². The van der Waals surface area contributed by atoms with Crippen molar-refractivity contribution in [2.45, 2.75) is 0 Å². The molecule has 0 aliphatic heterocycles. The van der Waals surface area contributed by atoms with Crippen molar-refractivity contribution in [2.24, 2.45) is 0 Å². The summed E-state index contributed by atoms with van der Waals surface area (Å²) in [6, 6.07) is 21.8. The lowest BCUT2D eigenvalue weighted by Crippen LogP contribution is -1.91. The molecule has 0 radical (unpaired) electrons. The summed E-state index contributed by atoms with van der Waals surface area (Å²) in [4.78, 5) is 0. The zero-order chi connectivity index (χ0) is 17.9. The van der Waals surface area contributed by atoms with Gasteiger partial charge in [0.1, 0.15) is 0 Å². The van der Waals surface area contributed by atoms with Crippen LogP contribution in [0.4, 0.5) is 48.2 Å². The van der Waals surface area contributed by atoms with Crippen LogP contribution in [0.15, 0.2) is 72.8 Å². The summed E-state index contributed by atoms with van der Waals surface area (Å²) in [5, 5.41) is 0. The molecule has 3 aromatic rings. The molecule has 0 unspecified atom stereocenters. The van der Waals surface area contributed by atoms with Crippen LogP contribution in [0.5, 0.6) is 0 Å². The molecular formula is C18H27F3N6. The molecule has 3 rings (SSSR count). The van der Waals surface area contributed by atoms with Crippen LogP contribution in [-0.2, 0) is 0 Å². The molecule has 9 heteroatoms. The summed E-state index contributed by atoms with van der Waals surface area (Å²) in [5.41, 5.74) is 36.2. The first kappa shape index (κ1) is 28.1. The van der Waals surface area contributed by atoms with Gasteiger partial charge >= 0.3 is 0 Å². The van der Waals surface area contributed by atoms with Crippen LogP contribution in [-0.4, -0.2) is 0 Å². The molecule has 0 saturated carbocycles. The van der Waals surface area contributed by atoms with Gasteiger partial charge in [0.15, 0.2) is 0 Å². The van der Waals surface area contributed by atoms with Crippen molar-refractivity contribution in [3.05, 3.63) is 72.8 Å². The zero-order valence-corrected chi connectivity index (χ0v) is 14.6. The van der Waals surface area contributed by atoms with E-state index in [0.717, 1.165) is 0 Å². The Kier molecular flexibility index (Phi) is 15.2. The fraction of sp³-hybridized carbons (Fsp3) is 0. The Balaban J connectivity index is -0.000000303. The zero-order valence-electron chi connectivity index (χ0n) is 14.6. The second-order valence-corrected chi connectivity index (χ2v) is 4.89. The number of benzene rings is 3. The fourth-order valence-electron chi connectivity index (χ4n) is 1.53. The highest BCUT2D eigenvalue weighted by Crippen LogP contribution is 2.11. The van der Waals surface area contributed by atoms with Gasteiger partial charge in [0.05, 0.1) is 34.1 Å². The van der Waals surface area contributed by atoms with Gasteiger partial charge in [-0.2, -0.15) is 0 Å². The number of hydrogen-bond acceptors (Lipinski definition) is 6. The van der Waals surface area contributed by atoms with Crippen molar-refractivity contribution in [1.82, 2.24) is 0 Å². The second kappa shape index (κ2) is 14.6. The molecule has 0 fully saturated rings. The average Bonchev–Trinajstić information content (AvgIpc) is 2.57. The van der Waals surface area contributed by atoms with Crippen LogP contribution in [0.25, 0.3) is 0 Å². The average molecular weight is 384 g/mol. The minimum absolute atomic E-state index is 0. The molecule has 150 valence electrons. The quantitative estimate of drug-likeness (QED) is 0.327. The third-order valence-electron chi connectivity index (χ3n) is 2.99. The first-order valence-corrected chi connectivity index (χ1v) is 7.21. The van der Waals surface area contributed by atoms with Crippen molar-refractivity contribution in [3.8, 4) is 0 Å². The van der Waals surface area contributed by atoms with Crippen LogP contribution in [0.2, 0.25) is 0 Å². The van der Waals surface area contributed by atoms with Crippen LogP contribution < -0.4 is 34.4 Å². The van der Waals surface area contributed by atoms with E-state index in [1.54, 1.807) is 36.4 Å². The normalized spacial score (nSPS) is 8.00. The Morgan fingerprint density at radius 2 is 0.407 bits per heavy atom. The molecule has 6 nitrogen and oxygen atoms in total. The van der Waals surface area contributed by atoms with E-state index < -0.39 is 0 Å². The van der Waals surface area contributed by atoms with Crippen molar-refractivity contribution in [3.63, 3.8) is 0 Å². The van der Waals surface area contributed by atoms with Gasteiger partial charge in [0.25, 0.3) is 0 Å². The third kappa shape index (κ3) is 10.7. The van der Waals surface area contributed by atoms with Gasteiger partial charge in [0, 0.05) is 0 Å². The largest absolute Gasteiger partial charge is 0.397 e. The molecule has 0 saturated heterocycles. The molecule has 0 heterocycles. The highest BCUT2D eigenvalue weighted by atomic mass is 19.0. The molecule has 0 bridgehead atoms. The van der Waals surface area contributed by atoms with Gasteiger partial charge in [-0.15, -0.1) is 0 Å². The van der Waals surface area contributed by atoms with Gasteiger partial charge < -0.3 is 34.4 Å². The number of nitrogen functional groups attached to an aromatic ring is 6. The lowest BCUT2D eigenvalue weighted by Gasteiger charge is -1.94. The van der Waals surface area contributed by atoms with Gasteiger partial charge in [-0.1, -0.05) is 36.4 Å². The van der Waals surface area contributed by atoms with E-state index in [0.29, 0.717) is 34.1 Å². The van der Waals surface area contributed by atoms with E-state index in [1.807, 2.05) is 36.4 Å². The molecule has 27 heavy (non-hydrogen) atoms. The summed E-state index contributed by atoms with van der Waals surface area (Å²) >= 11 is 0. The van der Waals surface area contributed by atoms with Gasteiger partial charge in [0.2, 0.25) is 0 Å². The molecule has 0 aromatic heterocycles. The predicted octanol–water partition coefficient (Wildman–Crippen LogP) is 3.01. The number of para-hydroxylation sites is 6. The molecule has 0 amide bonds. The molecule has 0 spiro atoms. The van der Waals surface area contributed by atoms with Crippen LogP contribution >= 0.6 is 0 Å². The predicted molar refractivity (Wildman–Crippen MR) is 113 cm³/mol. The van der Waals surface area contributed by atoms with E-state index in [4.69, 9.17) is 34.4 Å². The standard InChI is InChI=1S/3C6H8N2.3FH/c3*7-5-3-1-2-4-6(5)8;;;/h3*1-4H,7-8H2;3*1H. The third-order valence-corrected chi connectivity index (χ3v) is 2.99. The Hall–Kier alpha value is -3.75. The molecule has 0 aliphatic rings. The number of anilines is 6. The highest BCUT2D eigenvalue weighted by molar-refractivity contribution is 5.63. The number of nitrogens with two attached hydrogens (primary N) is 6. The minimum atomic E-state index is 0. The number of halogens is 3. The van der Waals surface area contributed by atoms with Gasteiger partial charge in [-0.3, -0.25) is 14.1 Å². The van der Waals surface area contributed by atoms with E-state index >= 15 is 0 Å². The topological polar surface area (TPSA) is 156 Å². The van der Waals surface area contributed by atoms with Gasteiger partial charge in [-0.05, 0) is 36.4 Å². The smallest absolute Gasteiger partial charge is 0.0547 e. The molecule has 0 atom stereocenters. The molecule has 3 aromatic carbocycles. The molecular weight excluding hydrogens is 357 g/mol. The van der Waals surface area contributed by atoms with E-state index in [2.05, 4.69) is 0 Å². The fourth-order valence-corrected chi connectivity index (χ4v) is 1.53. The first-order valence-electron chi connectivity index (χ1n) is 7.21. The Bertz CT molecular complexity index is 605. The van der Waals surface area contributed by atoms with Crippen LogP contribution in [0.1, 0.15) is 0 Å². The molecule has 0 aliphatic carbocycles. The lowest BCUT2D eigenvalue weighted by molar-refractivity contribution is 1.11. The maximum atomic E-state index is 5.39. The van der Waals surface area contributed by atoms with Crippen molar-refractivity contribution >= 4 is 34.1 Å². The summed E-state index contributed by atoms with van der Waals surface area (Å²) in [7, 11) is 0. The lowest BCUT2D eigenvalue weighted by atomic mass is 10.3. The minimum Gasteiger partial charge on any atom is -0.397 e. The first-order chi connectivity index (χ1) is 11.4.